The molecule has 0 aliphatic carbocycles. The predicted molar refractivity (Wildman–Crippen MR) is 128 cm³/mol. The molecule has 1 heterocycles. The van der Waals surface area contributed by atoms with E-state index in [1.165, 1.54) is 11.1 Å². The van der Waals surface area contributed by atoms with Crippen LogP contribution in [0.15, 0.2) is 54.6 Å². The summed E-state index contributed by atoms with van der Waals surface area (Å²) in [6.07, 6.45) is 1.93. The minimum Gasteiger partial charge on any atom is -0.489 e. The maximum Gasteiger partial charge on any atom is 0.414 e. The third-order valence-corrected chi connectivity index (χ3v) is 5.77. The van der Waals surface area contributed by atoms with Crippen molar-refractivity contribution in [2.45, 2.75) is 39.8 Å². The molecule has 1 fully saturated rings. The predicted octanol–water partition coefficient (Wildman–Crippen LogP) is 3.50. The van der Waals surface area contributed by atoms with E-state index in [1.807, 2.05) is 23.1 Å². The molecule has 0 unspecified atom stereocenters. The van der Waals surface area contributed by atoms with Gasteiger partial charge in [0.1, 0.15) is 12.4 Å². The Balaban J connectivity index is 0.000000604. The molecule has 1 aliphatic rings. The molecule has 0 radical (unpaired) electrons. The second kappa shape index (κ2) is 14.0. The number of likely N-dealkylation sites (tertiary alicyclic amines) is 1. The number of piperidine rings is 1. The van der Waals surface area contributed by atoms with Crippen molar-refractivity contribution in [3.8, 4) is 5.75 Å². The Morgan fingerprint density at radius 3 is 1.94 bits per heavy atom. The molecule has 0 spiro atoms. The van der Waals surface area contributed by atoms with Gasteiger partial charge in [-0.15, -0.1) is 0 Å². The van der Waals surface area contributed by atoms with Crippen molar-refractivity contribution < 1.29 is 29.3 Å². The minimum atomic E-state index is -1.82. The van der Waals surface area contributed by atoms with Gasteiger partial charge in [0.05, 0.1) is 0 Å². The van der Waals surface area contributed by atoms with Crippen LogP contribution in [0.2, 0.25) is 0 Å². The third kappa shape index (κ3) is 8.86. The monoisotopic (exact) mass is 470 g/mol. The molecular formula is C26H34N2O6. The van der Waals surface area contributed by atoms with Crippen molar-refractivity contribution >= 4 is 17.8 Å². The highest BCUT2D eigenvalue weighted by Gasteiger charge is 2.27. The van der Waals surface area contributed by atoms with Gasteiger partial charge in [-0.3, -0.25) is 9.69 Å². The average Bonchev–Trinajstić information content (AvgIpc) is 2.86. The number of hydrogen-bond donors (Lipinski definition) is 2. The third-order valence-electron chi connectivity index (χ3n) is 5.77. The summed E-state index contributed by atoms with van der Waals surface area (Å²) in [5, 5.41) is 14.8. The molecule has 1 aliphatic heterocycles. The second-order valence-corrected chi connectivity index (χ2v) is 8.09. The Hall–Kier alpha value is -3.39. The van der Waals surface area contributed by atoms with Crippen molar-refractivity contribution in [1.29, 1.82) is 0 Å². The normalized spacial score (nSPS) is 13.9. The first-order chi connectivity index (χ1) is 16.3. The molecule has 3 rings (SSSR count). The number of amides is 1. The molecule has 2 aromatic carbocycles. The van der Waals surface area contributed by atoms with E-state index in [1.54, 1.807) is 0 Å². The fourth-order valence-corrected chi connectivity index (χ4v) is 3.82. The Morgan fingerprint density at radius 1 is 0.882 bits per heavy atom. The molecule has 8 nitrogen and oxygen atoms in total. The van der Waals surface area contributed by atoms with Crippen LogP contribution in [-0.2, 0) is 27.5 Å². The van der Waals surface area contributed by atoms with Crippen molar-refractivity contribution in [2.75, 3.05) is 26.2 Å². The minimum absolute atomic E-state index is 0.199. The van der Waals surface area contributed by atoms with E-state index >= 15 is 0 Å². The summed E-state index contributed by atoms with van der Waals surface area (Å²) in [5.41, 5.74) is 2.47. The van der Waals surface area contributed by atoms with Crippen LogP contribution >= 0.6 is 0 Å². The molecule has 0 bridgehead atoms. The largest absolute Gasteiger partial charge is 0.489 e. The maximum absolute atomic E-state index is 12.5. The number of ether oxygens (including phenoxy) is 1. The van der Waals surface area contributed by atoms with Gasteiger partial charge in [0, 0.05) is 25.6 Å². The van der Waals surface area contributed by atoms with Crippen molar-refractivity contribution in [2.24, 2.45) is 5.92 Å². The zero-order valence-corrected chi connectivity index (χ0v) is 19.9. The molecule has 184 valence electrons. The summed E-state index contributed by atoms with van der Waals surface area (Å²) >= 11 is 0. The molecule has 8 heteroatoms. The molecule has 1 amide bonds. The van der Waals surface area contributed by atoms with Crippen LogP contribution in [-0.4, -0.2) is 64.0 Å². The van der Waals surface area contributed by atoms with Crippen LogP contribution in [0.3, 0.4) is 0 Å². The van der Waals surface area contributed by atoms with Gasteiger partial charge in [0.15, 0.2) is 0 Å². The molecule has 2 N–H and O–H groups in total. The Labute approximate surface area is 200 Å². The highest BCUT2D eigenvalue weighted by molar-refractivity contribution is 6.27. The molecular weight excluding hydrogens is 436 g/mol. The Morgan fingerprint density at radius 2 is 1.44 bits per heavy atom. The number of hydrogen-bond acceptors (Lipinski definition) is 5. The van der Waals surface area contributed by atoms with Crippen LogP contribution in [0.4, 0.5) is 0 Å². The number of carbonyl (C=O) groups excluding carboxylic acids is 1. The Bertz CT molecular complexity index is 893. The van der Waals surface area contributed by atoms with E-state index in [9.17, 15) is 4.79 Å². The lowest BCUT2D eigenvalue weighted by Gasteiger charge is -2.33. The number of carboxylic acids is 2. The molecule has 0 saturated carbocycles. The van der Waals surface area contributed by atoms with Gasteiger partial charge in [-0.2, -0.15) is 0 Å². The molecule has 34 heavy (non-hydrogen) atoms. The number of carboxylic acid groups (broad SMARTS) is 2. The second-order valence-electron chi connectivity index (χ2n) is 8.09. The SMILES string of the molecule is CCN(CC)C(=O)C1CCN(Cc2ccc(OCc3ccccc3)cc2)CC1.O=C(O)C(=O)O. The molecule has 1 saturated heterocycles. The summed E-state index contributed by atoms with van der Waals surface area (Å²) in [6, 6.07) is 18.6. The van der Waals surface area contributed by atoms with E-state index in [2.05, 4.69) is 55.1 Å². The Kier molecular flexibility index (Phi) is 11.1. The van der Waals surface area contributed by atoms with Crippen molar-refractivity contribution in [3.63, 3.8) is 0 Å². The van der Waals surface area contributed by atoms with Gasteiger partial charge in [-0.05, 0) is 63.0 Å². The fraction of sp³-hybridized carbons (Fsp3) is 0.423. The smallest absolute Gasteiger partial charge is 0.414 e. The number of carbonyl (C=O) groups is 3. The van der Waals surface area contributed by atoms with E-state index in [4.69, 9.17) is 24.5 Å². The first kappa shape index (κ1) is 26.9. The summed E-state index contributed by atoms with van der Waals surface area (Å²) in [5.74, 6) is -2.21. The highest BCUT2D eigenvalue weighted by Crippen LogP contribution is 2.22. The lowest BCUT2D eigenvalue weighted by Crippen LogP contribution is -2.42. The van der Waals surface area contributed by atoms with Crippen LogP contribution in [0.5, 0.6) is 5.75 Å². The van der Waals surface area contributed by atoms with E-state index in [0.717, 1.165) is 51.3 Å². The number of rotatable bonds is 8. The fourth-order valence-electron chi connectivity index (χ4n) is 3.82. The topological polar surface area (TPSA) is 107 Å². The van der Waals surface area contributed by atoms with Gasteiger partial charge >= 0.3 is 11.9 Å². The number of nitrogens with zero attached hydrogens (tertiary/aromatic N) is 2. The maximum atomic E-state index is 12.5. The van der Waals surface area contributed by atoms with Crippen molar-refractivity contribution in [3.05, 3.63) is 65.7 Å². The zero-order chi connectivity index (χ0) is 24.9. The van der Waals surface area contributed by atoms with Crippen LogP contribution < -0.4 is 4.74 Å². The highest BCUT2D eigenvalue weighted by atomic mass is 16.5. The summed E-state index contributed by atoms with van der Waals surface area (Å²) in [6.45, 7) is 9.25. The number of aliphatic carboxylic acids is 2. The van der Waals surface area contributed by atoms with Gasteiger partial charge < -0.3 is 19.8 Å². The van der Waals surface area contributed by atoms with Gasteiger partial charge in [0.2, 0.25) is 5.91 Å². The zero-order valence-electron chi connectivity index (χ0n) is 19.9. The first-order valence-corrected chi connectivity index (χ1v) is 11.6. The summed E-state index contributed by atoms with van der Waals surface area (Å²) < 4.78 is 5.87. The van der Waals surface area contributed by atoms with Crippen LogP contribution in [0, 0.1) is 5.92 Å². The quantitative estimate of drug-likeness (QED) is 0.569. The lowest BCUT2D eigenvalue weighted by molar-refractivity contribution is -0.159. The first-order valence-electron chi connectivity index (χ1n) is 11.6. The molecule has 0 atom stereocenters. The van der Waals surface area contributed by atoms with Gasteiger partial charge in [-0.25, -0.2) is 9.59 Å². The lowest BCUT2D eigenvalue weighted by atomic mass is 9.95. The number of benzene rings is 2. The van der Waals surface area contributed by atoms with E-state index < -0.39 is 11.9 Å². The van der Waals surface area contributed by atoms with E-state index in [0.29, 0.717) is 12.5 Å². The average molecular weight is 471 g/mol. The molecule has 2 aromatic rings. The summed E-state index contributed by atoms with van der Waals surface area (Å²) in [4.78, 5) is 35.1. The van der Waals surface area contributed by atoms with Crippen LogP contribution in [0.25, 0.3) is 0 Å². The summed E-state index contributed by atoms with van der Waals surface area (Å²) in [7, 11) is 0. The van der Waals surface area contributed by atoms with Gasteiger partial charge in [-0.1, -0.05) is 42.5 Å². The molecule has 0 aromatic heterocycles. The van der Waals surface area contributed by atoms with E-state index in [-0.39, 0.29) is 5.92 Å². The van der Waals surface area contributed by atoms with Crippen molar-refractivity contribution in [1.82, 2.24) is 9.80 Å². The van der Waals surface area contributed by atoms with Gasteiger partial charge in [0.25, 0.3) is 0 Å². The standard InChI is InChI=1S/C24H32N2O2.C2H2O4/c1-3-26(4-2)24(27)22-14-16-25(17-15-22)18-20-10-12-23(13-11-20)28-19-21-8-6-5-7-9-21;3-1(4)2(5)6/h5-13,22H,3-4,14-19H2,1-2H3;(H,3,4)(H,5,6). The van der Waals surface area contributed by atoms with Crippen LogP contribution in [0.1, 0.15) is 37.8 Å².